The van der Waals surface area contributed by atoms with E-state index in [1.165, 1.54) is 38.5 Å². The van der Waals surface area contributed by atoms with Gasteiger partial charge in [0.2, 0.25) is 0 Å². The van der Waals surface area contributed by atoms with Crippen LogP contribution in [0.25, 0.3) is 0 Å². The Labute approximate surface area is 132 Å². The monoisotopic (exact) mass is 318 g/mol. The Hall–Kier alpha value is -0.240. The maximum absolute atomic E-state index is 9.84. The molecule has 2 rings (SSSR count). The fourth-order valence-electron chi connectivity index (χ4n) is 3.42. The van der Waals surface area contributed by atoms with Crippen LogP contribution in [0.1, 0.15) is 51.4 Å². The van der Waals surface area contributed by atoms with Crippen LogP contribution in [0.5, 0.6) is 0 Å². The number of hydrogen-bond donors (Lipinski definition) is 4. The maximum atomic E-state index is 9.84. The van der Waals surface area contributed by atoms with E-state index in [4.69, 9.17) is 14.6 Å². The normalized spacial score (nSPS) is 37.4. The number of hydrogen-bond acceptors (Lipinski definition) is 6. The van der Waals surface area contributed by atoms with Crippen LogP contribution in [0.2, 0.25) is 0 Å². The van der Waals surface area contributed by atoms with Crippen LogP contribution >= 0.6 is 0 Å². The average molecular weight is 318 g/mol. The van der Waals surface area contributed by atoms with Gasteiger partial charge in [0, 0.05) is 6.61 Å². The molecule has 1 saturated carbocycles. The van der Waals surface area contributed by atoms with Gasteiger partial charge in [-0.3, -0.25) is 0 Å². The van der Waals surface area contributed by atoms with E-state index in [1.54, 1.807) is 0 Å². The Kier molecular flexibility index (Phi) is 7.53. The summed E-state index contributed by atoms with van der Waals surface area (Å²) in [5, 5.41) is 38.3. The van der Waals surface area contributed by atoms with Crippen molar-refractivity contribution in [2.75, 3.05) is 13.2 Å². The second-order valence-corrected chi connectivity index (χ2v) is 6.57. The van der Waals surface area contributed by atoms with Gasteiger partial charge < -0.3 is 29.9 Å². The van der Waals surface area contributed by atoms with Crippen LogP contribution in [0.15, 0.2) is 0 Å². The van der Waals surface area contributed by atoms with Crippen LogP contribution in [0, 0.1) is 5.92 Å². The molecular weight excluding hydrogens is 288 g/mol. The summed E-state index contributed by atoms with van der Waals surface area (Å²) in [7, 11) is 0. The number of unbranched alkanes of at least 4 members (excludes halogenated alkanes) is 1. The zero-order valence-electron chi connectivity index (χ0n) is 13.1. The van der Waals surface area contributed by atoms with E-state index in [0.717, 1.165) is 18.8 Å². The van der Waals surface area contributed by atoms with E-state index in [2.05, 4.69) is 0 Å². The summed E-state index contributed by atoms with van der Waals surface area (Å²) in [5.74, 6) is 0.848. The quantitative estimate of drug-likeness (QED) is 0.512. The van der Waals surface area contributed by atoms with Gasteiger partial charge in [-0.1, -0.05) is 44.9 Å². The molecule has 5 atom stereocenters. The van der Waals surface area contributed by atoms with Crippen molar-refractivity contribution in [3.05, 3.63) is 0 Å². The lowest BCUT2D eigenvalue weighted by Gasteiger charge is -2.39. The number of rotatable bonds is 7. The van der Waals surface area contributed by atoms with Crippen LogP contribution in [-0.4, -0.2) is 64.3 Å². The molecule has 0 aromatic heterocycles. The molecule has 1 saturated heterocycles. The largest absolute Gasteiger partial charge is 0.394 e. The van der Waals surface area contributed by atoms with Crippen LogP contribution in [0.3, 0.4) is 0 Å². The van der Waals surface area contributed by atoms with Gasteiger partial charge in [0.05, 0.1) is 6.61 Å². The molecule has 22 heavy (non-hydrogen) atoms. The van der Waals surface area contributed by atoms with Crippen molar-refractivity contribution in [1.82, 2.24) is 0 Å². The van der Waals surface area contributed by atoms with Crippen molar-refractivity contribution < 1.29 is 29.9 Å². The third-order valence-corrected chi connectivity index (χ3v) is 4.86. The molecule has 0 spiro atoms. The fraction of sp³-hybridized carbons (Fsp3) is 1.00. The minimum atomic E-state index is -1.36. The molecule has 0 amide bonds. The van der Waals surface area contributed by atoms with Gasteiger partial charge in [0.1, 0.15) is 24.4 Å². The first-order valence-corrected chi connectivity index (χ1v) is 8.55. The second kappa shape index (κ2) is 9.15. The maximum Gasteiger partial charge on any atom is 0.186 e. The van der Waals surface area contributed by atoms with E-state index in [1.807, 2.05) is 0 Å². The molecule has 6 nitrogen and oxygen atoms in total. The molecule has 6 heteroatoms. The molecule has 1 aliphatic heterocycles. The molecule has 0 aromatic rings. The highest BCUT2D eigenvalue weighted by atomic mass is 16.7. The molecule has 1 heterocycles. The first-order chi connectivity index (χ1) is 10.6. The standard InChI is InChI=1S/C16H30O6/c17-10-12-13(18)14(19)15(20)16(22-12)21-9-5-4-8-11-6-2-1-3-7-11/h11-20H,1-10H2. The lowest BCUT2D eigenvalue weighted by Crippen LogP contribution is -2.59. The van der Waals surface area contributed by atoms with Crippen molar-refractivity contribution in [1.29, 1.82) is 0 Å². The zero-order chi connectivity index (χ0) is 15.9. The molecule has 1 aliphatic carbocycles. The van der Waals surface area contributed by atoms with Gasteiger partial charge in [0.25, 0.3) is 0 Å². The molecule has 0 aromatic carbocycles. The van der Waals surface area contributed by atoms with Gasteiger partial charge in [-0.15, -0.1) is 0 Å². The highest BCUT2D eigenvalue weighted by Gasteiger charge is 2.43. The minimum absolute atomic E-state index is 0.424. The Morgan fingerprint density at radius 2 is 1.64 bits per heavy atom. The molecule has 130 valence electrons. The van der Waals surface area contributed by atoms with Crippen molar-refractivity contribution in [3.8, 4) is 0 Å². The third kappa shape index (κ3) is 4.88. The molecular formula is C16H30O6. The Morgan fingerprint density at radius 3 is 2.32 bits per heavy atom. The topological polar surface area (TPSA) is 99.4 Å². The highest BCUT2D eigenvalue weighted by Crippen LogP contribution is 2.28. The molecule has 5 unspecified atom stereocenters. The van der Waals surface area contributed by atoms with E-state index >= 15 is 0 Å². The minimum Gasteiger partial charge on any atom is -0.394 e. The van der Waals surface area contributed by atoms with Gasteiger partial charge in [-0.25, -0.2) is 0 Å². The molecule has 2 aliphatic rings. The summed E-state index contributed by atoms with van der Waals surface area (Å²) in [6.45, 7) is 0.0158. The van der Waals surface area contributed by atoms with Crippen molar-refractivity contribution in [3.63, 3.8) is 0 Å². The Bertz CT molecular complexity index is 305. The van der Waals surface area contributed by atoms with Crippen molar-refractivity contribution in [2.45, 2.75) is 82.1 Å². The van der Waals surface area contributed by atoms with Crippen LogP contribution < -0.4 is 0 Å². The zero-order valence-corrected chi connectivity index (χ0v) is 13.1. The Morgan fingerprint density at radius 1 is 0.909 bits per heavy atom. The van der Waals surface area contributed by atoms with E-state index < -0.39 is 37.3 Å². The fourth-order valence-corrected chi connectivity index (χ4v) is 3.42. The number of aliphatic hydroxyl groups is 4. The summed E-state index contributed by atoms with van der Waals surface area (Å²) in [6.07, 6.45) is 4.07. The second-order valence-electron chi connectivity index (χ2n) is 6.57. The molecule has 4 N–H and O–H groups in total. The van der Waals surface area contributed by atoms with Gasteiger partial charge in [-0.05, 0) is 12.3 Å². The van der Waals surface area contributed by atoms with Gasteiger partial charge in [0.15, 0.2) is 6.29 Å². The van der Waals surface area contributed by atoms with Gasteiger partial charge in [-0.2, -0.15) is 0 Å². The summed E-state index contributed by atoms with van der Waals surface area (Å²) in [4.78, 5) is 0. The summed E-state index contributed by atoms with van der Waals surface area (Å²) in [5.41, 5.74) is 0. The van der Waals surface area contributed by atoms with E-state index in [0.29, 0.717) is 6.61 Å². The average Bonchev–Trinajstić information content (AvgIpc) is 2.55. The number of ether oxygens (including phenoxy) is 2. The SMILES string of the molecule is OCC1OC(OCCCCC2CCCCC2)C(O)C(O)C1O. The molecule has 0 radical (unpaired) electrons. The summed E-state index contributed by atoms with van der Waals surface area (Å²) >= 11 is 0. The first kappa shape index (κ1) is 18.1. The number of aliphatic hydroxyl groups excluding tert-OH is 4. The predicted octanol–water partition coefficient (Wildman–Crippen LogP) is 0.553. The van der Waals surface area contributed by atoms with Crippen molar-refractivity contribution >= 4 is 0 Å². The summed E-state index contributed by atoms with van der Waals surface area (Å²) in [6, 6.07) is 0. The highest BCUT2D eigenvalue weighted by molar-refractivity contribution is 4.88. The van der Waals surface area contributed by atoms with E-state index in [-0.39, 0.29) is 0 Å². The lowest BCUT2D eigenvalue weighted by molar-refractivity contribution is -0.301. The van der Waals surface area contributed by atoms with Crippen LogP contribution in [-0.2, 0) is 9.47 Å². The Balaban J connectivity index is 1.63. The van der Waals surface area contributed by atoms with Crippen molar-refractivity contribution in [2.24, 2.45) is 5.92 Å². The summed E-state index contributed by atoms with van der Waals surface area (Å²) < 4.78 is 10.8. The van der Waals surface area contributed by atoms with Gasteiger partial charge >= 0.3 is 0 Å². The smallest absolute Gasteiger partial charge is 0.186 e. The van der Waals surface area contributed by atoms with Crippen LogP contribution in [0.4, 0.5) is 0 Å². The third-order valence-electron chi connectivity index (χ3n) is 4.86. The van der Waals surface area contributed by atoms with E-state index in [9.17, 15) is 15.3 Å². The lowest BCUT2D eigenvalue weighted by atomic mass is 9.86. The molecule has 0 bridgehead atoms. The molecule has 2 fully saturated rings. The first-order valence-electron chi connectivity index (χ1n) is 8.55. The predicted molar refractivity (Wildman–Crippen MR) is 80.1 cm³/mol.